The van der Waals surface area contributed by atoms with E-state index in [0.29, 0.717) is 17.1 Å². The smallest absolute Gasteiger partial charge is 0.166 e. The molecule has 0 N–H and O–H groups in total. The molecule has 3 aromatic rings. The molecule has 0 saturated carbocycles. The fraction of sp³-hybridized carbons (Fsp3) is 0.188. The minimum atomic E-state index is 0.134. The normalized spacial score (nSPS) is 11.0. The van der Waals surface area contributed by atoms with E-state index in [4.69, 9.17) is 11.6 Å². The molecule has 0 fully saturated rings. The molecule has 0 aliphatic carbocycles. The second-order valence-corrected chi connectivity index (χ2v) is 5.18. The van der Waals surface area contributed by atoms with Crippen LogP contribution in [0.3, 0.4) is 0 Å². The van der Waals surface area contributed by atoms with E-state index in [-0.39, 0.29) is 5.78 Å². The number of hydrogen-bond acceptors (Lipinski definition) is 3. The lowest BCUT2D eigenvalue weighted by Gasteiger charge is -2.07. The summed E-state index contributed by atoms with van der Waals surface area (Å²) in [5.74, 6) is 0.962. The molecule has 0 amide bonds. The minimum absolute atomic E-state index is 0.134. The standard InChI is InChI=1S/C16H14ClN3O/c1-3-14(21)11-4-6-12(7-5-11)20-10(2)18-13-8-9-15(17)19-16(13)20/h4-9H,3H2,1-2H3. The van der Waals surface area contributed by atoms with Gasteiger partial charge in [0.25, 0.3) is 0 Å². The summed E-state index contributed by atoms with van der Waals surface area (Å²) in [5.41, 5.74) is 3.15. The Morgan fingerprint density at radius 2 is 1.86 bits per heavy atom. The highest BCUT2D eigenvalue weighted by molar-refractivity contribution is 6.29. The highest BCUT2D eigenvalue weighted by Gasteiger charge is 2.11. The molecule has 3 rings (SSSR count). The number of carbonyl (C=O) groups excluding carboxylic acids is 1. The third-order valence-electron chi connectivity index (χ3n) is 3.41. The van der Waals surface area contributed by atoms with Crippen molar-refractivity contribution in [3.8, 4) is 5.69 Å². The Morgan fingerprint density at radius 1 is 1.14 bits per heavy atom. The average molecular weight is 300 g/mol. The van der Waals surface area contributed by atoms with E-state index in [9.17, 15) is 4.79 Å². The van der Waals surface area contributed by atoms with Gasteiger partial charge in [0.2, 0.25) is 0 Å². The Kier molecular flexibility index (Phi) is 3.47. The number of ketones is 1. The maximum absolute atomic E-state index is 11.7. The number of carbonyl (C=O) groups is 1. The van der Waals surface area contributed by atoms with E-state index >= 15 is 0 Å². The minimum Gasteiger partial charge on any atom is -0.294 e. The van der Waals surface area contributed by atoms with Crippen LogP contribution in [0.1, 0.15) is 29.5 Å². The number of nitrogens with zero attached hydrogens (tertiary/aromatic N) is 3. The summed E-state index contributed by atoms with van der Waals surface area (Å²) in [7, 11) is 0. The van der Waals surface area contributed by atoms with Gasteiger partial charge in [0.1, 0.15) is 16.5 Å². The van der Waals surface area contributed by atoms with Crippen molar-refractivity contribution in [3.63, 3.8) is 0 Å². The summed E-state index contributed by atoms with van der Waals surface area (Å²) in [6, 6.07) is 11.0. The molecule has 0 unspecified atom stereocenters. The van der Waals surface area contributed by atoms with E-state index in [2.05, 4.69) is 9.97 Å². The third kappa shape index (κ3) is 2.43. The molecule has 106 valence electrons. The first-order valence-corrected chi connectivity index (χ1v) is 7.13. The van der Waals surface area contributed by atoms with Crippen molar-refractivity contribution in [2.75, 3.05) is 0 Å². The lowest BCUT2D eigenvalue weighted by Crippen LogP contribution is -2.00. The predicted octanol–water partition coefficient (Wildman–Crippen LogP) is 3.98. The van der Waals surface area contributed by atoms with Crippen LogP contribution in [0.15, 0.2) is 36.4 Å². The number of aryl methyl sites for hydroxylation is 1. The van der Waals surface area contributed by atoms with Crippen LogP contribution in [0.2, 0.25) is 5.15 Å². The van der Waals surface area contributed by atoms with E-state index in [1.54, 1.807) is 6.07 Å². The highest BCUT2D eigenvalue weighted by Crippen LogP contribution is 2.22. The number of benzene rings is 1. The molecular weight excluding hydrogens is 286 g/mol. The molecule has 0 atom stereocenters. The van der Waals surface area contributed by atoms with Gasteiger partial charge in [0.15, 0.2) is 11.4 Å². The second kappa shape index (κ2) is 5.30. The van der Waals surface area contributed by atoms with Gasteiger partial charge in [-0.3, -0.25) is 9.36 Å². The van der Waals surface area contributed by atoms with Gasteiger partial charge < -0.3 is 0 Å². The van der Waals surface area contributed by atoms with Crippen LogP contribution in [0, 0.1) is 6.92 Å². The van der Waals surface area contributed by atoms with Crippen molar-refractivity contribution in [3.05, 3.63) is 52.9 Å². The van der Waals surface area contributed by atoms with Gasteiger partial charge in [-0.1, -0.05) is 18.5 Å². The molecule has 0 spiro atoms. The van der Waals surface area contributed by atoms with Crippen molar-refractivity contribution in [1.82, 2.24) is 14.5 Å². The van der Waals surface area contributed by atoms with Gasteiger partial charge in [-0.15, -0.1) is 0 Å². The molecule has 2 aromatic heterocycles. The van der Waals surface area contributed by atoms with Crippen LogP contribution in [-0.4, -0.2) is 20.3 Å². The molecule has 4 nitrogen and oxygen atoms in total. The predicted molar refractivity (Wildman–Crippen MR) is 83.2 cm³/mol. The topological polar surface area (TPSA) is 47.8 Å². The monoisotopic (exact) mass is 299 g/mol. The zero-order chi connectivity index (χ0) is 15.0. The Bertz CT molecular complexity index is 821. The second-order valence-electron chi connectivity index (χ2n) is 4.79. The molecule has 2 heterocycles. The number of halogens is 1. The van der Waals surface area contributed by atoms with Crippen molar-refractivity contribution in [1.29, 1.82) is 0 Å². The molecule has 0 aliphatic heterocycles. The first kappa shape index (κ1) is 13.8. The summed E-state index contributed by atoms with van der Waals surface area (Å²) in [4.78, 5) is 20.5. The van der Waals surface area contributed by atoms with E-state index in [1.807, 2.05) is 48.7 Å². The summed E-state index contributed by atoms with van der Waals surface area (Å²) < 4.78 is 1.93. The zero-order valence-electron chi connectivity index (χ0n) is 11.8. The molecule has 5 heteroatoms. The first-order chi connectivity index (χ1) is 10.1. The number of imidazole rings is 1. The van der Waals surface area contributed by atoms with Crippen LogP contribution in [-0.2, 0) is 0 Å². The van der Waals surface area contributed by atoms with Crippen LogP contribution in [0.25, 0.3) is 16.9 Å². The average Bonchev–Trinajstić information content (AvgIpc) is 2.82. The number of rotatable bonds is 3. The van der Waals surface area contributed by atoms with Crippen molar-refractivity contribution < 1.29 is 4.79 Å². The van der Waals surface area contributed by atoms with Gasteiger partial charge in [-0.2, -0.15) is 0 Å². The Morgan fingerprint density at radius 3 is 2.52 bits per heavy atom. The lowest BCUT2D eigenvalue weighted by atomic mass is 10.1. The van der Waals surface area contributed by atoms with E-state index in [0.717, 1.165) is 22.7 Å². The number of hydrogen-bond donors (Lipinski definition) is 0. The van der Waals surface area contributed by atoms with Gasteiger partial charge >= 0.3 is 0 Å². The van der Waals surface area contributed by atoms with Gasteiger partial charge in [0, 0.05) is 17.7 Å². The Hall–Kier alpha value is -2.20. The fourth-order valence-electron chi connectivity index (χ4n) is 2.36. The summed E-state index contributed by atoms with van der Waals surface area (Å²) in [5, 5.41) is 0.432. The first-order valence-electron chi connectivity index (χ1n) is 6.75. The quantitative estimate of drug-likeness (QED) is 0.543. The summed E-state index contributed by atoms with van der Waals surface area (Å²) in [6.45, 7) is 3.77. The molecular formula is C16H14ClN3O. The van der Waals surface area contributed by atoms with Crippen LogP contribution in [0.5, 0.6) is 0 Å². The van der Waals surface area contributed by atoms with Gasteiger partial charge in [-0.25, -0.2) is 9.97 Å². The van der Waals surface area contributed by atoms with Crippen molar-refractivity contribution in [2.24, 2.45) is 0 Å². The van der Waals surface area contributed by atoms with Gasteiger partial charge in [0.05, 0.1) is 0 Å². The molecule has 1 aromatic carbocycles. The number of Topliss-reactive ketones (excluding diaryl/α,β-unsaturated/α-hetero) is 1. The van der Waals surface area contributed by atoms with Crippen molar-refractivity contribution in [2.45, 2.75) is 20.3 Å². The van der Waals surface area contributed by atoms with Crippen molar-refractivity contribution >= 4 is 28.5 Å². The van der Waals surface area contributed by atoms with E-state index in [1.165, 1.54) is 0 Å². The molecule has 0 saturated heterocycles. The molecule has 0 aliphatic rings. The fourth-order valence-corrected chi connectivity index (χ4v) is 2.50. The number of fused-ring (bicyclic) bond motifs is 1. The van der Waals surface area contributed by atoms with E-state index < -0.39 is 0 Å². The third-order valence-corrected chi connectivity index (χ3v) is 3.62. The summed E-state index contributed by atoms with van der Waals surface area (Å²) in [6.07, 6.45) is 0.504. The van der Waals surface area contributed by atoms with Crippen LogP contribution >= 0.6 is 11.6 Å². The molecule has 21 heavy (non-hydrogen) atoms. The number of aromatic nitrogens is 3. The largest absolute Gasteiger partial charge is 0.294 e. The molecule has 0 radical (unpaired) electrons. The zero-order valence-corrected chi connectivity index (χ0v) is 12.6. The maximum Gasteiger partial charge on any atom is 0.166 e. The number of pyridine rings is 1. The van der Waals surface area contributed by atoms with Gasteiger partial charge in [-0.05, 0) is 43.3 Å². The molecule has 0 bridgehead atoms. The maximum atomic E-state index is 11.7. The van der Waals surface area contributed by atoms with Crippen LogP contribution < -0.4 is 0 Å². The lowest BCUT2D eigenvalue weighted by molar-refractivity contribution is 0.0988. The Labute approximate surface area is 127 Å². The highest BCUT2D eigenvalue weighted by atomic mass is 35.5. The van der Waals surface area contributed by atoms with Crippen LogP contribution in [0.4, 0.5) is 0 Å². The summed E-state index contributed by atoms with van der Waals surface area (Å²) >= 11 is 5.98. The Balaban J connectivity index is 2.14. The SMILES string of the molecule is CCC(=O)c1ccc(-n2c(C)nc3ccc(Cl)nc32)cc1.